The third kappa shape index (κ3) is 4.33. The van der Waals surface area contributed by atoms with Crippen molar-refractivity contribution in [2.75, 3.05) is 0 Å². The molecule has 0 aliphatic rings. The highest BCUT2D eigenvalue weighted by molar-refractivity contribution is 6.22. The van der Waals surface area contributed by atoms with Gasteiger partial charge in [0.05, 0.1) is 11.4 Å². The predicted octanol–water partition coefficient (Wildman–Crippen LogP) is 11.8. The summed E-state index contributed by atoms with van der Waals surface area (Å²) >= 11 is 0. The molecule has 1 nitrogen and oxygen atoms in total. The lowest BCUT2D eigenvalue weighted by Gasteiger charge is -2.21. The van der Waals surface area contributed by atoms with E-state index in [0.29, 0.717) is 0 Å². The Kier molecular flexibility index (Phi) is 6.43. The second kappa shape index (κ2) is 10.9. The number of aryl methyl sites for hydroxylation is 1. The van der Waals surface area contributed by atoms with Crippen molar-refractivity contribution in [2.24, 2.45) is 0 Å². The average Bonchev–Trinajstić information content (AvgIpc) is 3.54. The lowest BCUT2D eigenvalue weighted by atomic mass is 9.85. The number of benzene rings is 7. The third-order valence-electron chi connectivity index (χ3n) is 8.76. The SMILES string of the molecule is Cc1ccccc1-c1c2ccccc2c(-c2ccccc2)c2cc(-n3c(-c4ccccc4)ccc3-c3ccccc3)ccc12. The van der Waals surface area contributed by atoms with Gasteiger partial charge in [-0.25, -0.2) is 0 Å². The number of nitrogens with zero attached hydrogens (tertiary/aromatic N) is 1. The largest absolute Gasteiger partial charge is 0.309 e. The highest BCUT2D eigenvalue weighted by Crippen LogP contribution is 2.45. The minimum absolute atomic E-state index is 1.14. The quantitative estimate of drug-likeness (QED) is 0.184. The summed E-state index contributed by atoms with van der Waals surface area (Å²) in [4.78, 5) is 0. The Morgan fingerprint density at radius 2 is 0.841 bits per heavy atom. The van der Waals surface area contributed by atoms with E-state index in [9.17, 15) is 0 Å². The van der Waals surface area contributed by atoms with Gasteiger partial charge in [0.15, 0.2) is 0 Å². The summed E-state index contributed by atoms with van der Waals surface area (Å²) in [5, 5.41) is 5.05. The molecule has 44 heavy (non-hydrogen) atoms. The van der Waals surface area contributed by atoms with Gasteiger partial charge in [0.2, 0.25) is 0 Å². The molecule has 8 rings (SSSR count). The molecule has 1 heteroatoms. The molecule has 0 N–H and O–H groups in total. The molecule has 1 heterocycles. The van der Waals surface area contributed by atoms with E-state index in [1.54, 1.807) is 0 Å². The summed E-state index contributed by atoms with van der Waals surface area (Å²) in [6.45, 7) is 2.22. The van der Waals surface area contributed by atoms with Crippen LogP contribution < -0.4 is 0 Å². The maximum atomic E-state index is 2.42. The predicted molar refractivity (Wildman–Crippen MR) is 187 cm³/mol. The van der Waals surface area contributed by atoms with Gasteiger partial charge in [0.1, 0.15) is 0 Å². The summed E-state index contributed by atoms with van der Waals surface area (Å²) in [5.41, 5.74) is 12.2. The van der Waals surface area contributed by atoms with Gasteiger partial charge in [0.25, 0.3) is 0 Å². The van der Waals surface area contributed by atoms with Gasteiger partial charge in [-0.05, 0) is 91.7 Å². The van der Waals surface area contributed by atoms with Crippen LogP contribution in [0.2, 0.25) is 0 Å². The molecular weight excluding hydrogens is 530 g/mol. The highest BCUT2D eigenvalue weighted by atomic mass is 15.0. The van der Waals surface area contributed by atoms with Gasteiger partial charge in [-0.15, -0.1) is 0 Å². The monoisotopic (exact) mass is 561 g/mol. The van der Waals surface area contributed by atoms with Crippen LogP contribution in [0.3, 0.4) is 0 Å². The van der Waals surface area contributed by atoms with Crippen molar-refractivity contribution in [3.05, 3.63) is 175 Å². The van der Waals surface area contributed by atoms with Gasteiger partial charge in [-0.1, -0.05) is 146 Å². The first kappa shape index (κ1) is 26.0. The van der Waals surface area contributed by atoms with E-state index in [0.717, 1.165) is 5.69 Å². The first-order valence-electron chi connectivity index (χ1n) is 15.2. The van der Waals surface area contributed by atoms with Gasteiger partial charge in [0, 0.05) is 5.69 Å². The zero-order chi connectivity index (χ0) is 29.5. The van der Waals surface area contributed by atoms with Crippen LogP contribution in [0.5, 0.6) is 0 Å². The molecule has 0 radical (unpaired) electrons. The average molecular weight is 562 g/mol. The van der Waals surface area contributed by atoms with E-state index in [4.69, 9.17) is 0 Å². The number of hydrogen-bond acceptors (Lipinski definition) is 0. The van der Waals surface area contributed by atoms with Crippen LogP contribution in [0, 0.1) is 6.92 Å². The molecule has 0 fully saturated rings. The van der Waals surface area contributed by atoms with Crippen LogP contribution in [-0.4, -0.2) is 4.57 Å². The van der Waals surface area contributed by atoms with E-state index in [1.807, 2.05) is 0 Å². The molecule has 0 amide bonds. The normalized spacial score (nSPS) is 11.3. The zero-order valence-corrected chi connectivity index (χ0v) is 24.6. The Bertz CT molecular complexity index is 2200. The van der Waals surface area contributed by atoms with Crippen molar-refractivity contribution in [2.45, 2.75) is 6.92 Å². The highest BCUT2D eigenvalue weighted by Gasteiger charge is 2.20. The van der Waals surface area contributed by atoms with Crippen molar-refractivity contribution in [3.63, 3.8) is 0 Å². The van der Waals surface area contributed by atoms with E-state index < -0.39 is 0 Å². The summed E-state index contributed by atoms with van der Waals surface area (Å²) < 4.78 is 2.42. The second-order valence-corrected chi connectivity index (χ2v) is 11.4. The standard InChI is InChI=1S/C43H31N/c1-30-15-11-12-22-35(30)43-37-24-14-13-23-36(37)42(33-20-9-4-10-21-33)39-29-34(25-26-38(39)43)44-40(31-16-5-2-6-17-31)27-28-41(44)32-18-7-3-8-19-32/h2-29H,1H3. The number of hydrogen-bond donors (Lipinski definition) is 0. The summed E-state index contributed by atoms with van der Waals surface area (Å²) in [7, 11) is 0. The molecule has 0 bridgehead atoms. The maximum absolute atomic E-state index is 2.42. The van der Waals surface area contributed by atoms with Crippen LogP contribution in [0.15, 0.2) is 170 Å². The van der Waals surface area contributed by atoms with E-state index in [-0.39, 0.29) is 0 Å². The van der Waals surface area contributed by atoms with Crippen LogP contribution in [-0.2, 0) is 0 Å². The summed E-state index contributed by atoms with van der Waals surface area (Å²) in [6.07, 6.45) is 0. The zero-order valence-electron chi connectivity index (χ0n) is 24.6. The van der Waals surface area contributed by atoms with E-state index >= 15 is 0 Å². The molecule has 8 aromatic rings. The van der Waals surface area contributed by atoms with Crippen molar-refractivity contribution in [3.8, 4) is 50.5 Å². The summed E-state index contributed by atoms with van der Waals surface area (Å²) in [6, 6.07) is 61.5. The second-order valence-electron chi connectivity index (χ2n) is 11.4. The Labute approximate surface area is 258 Å². The third-order valence-corrected chi connectivity index (χ3v) is 8.76. The smallest absolute Gasteiger partial charge is 0.0535 e. The molecule has 7 aromatic carbocycles. The van der Waals surface area contributed by atoms with Crippen molar-refractivity contribution >= 4 is 21.5 Å². The molecular formula is C43H31N. The van der Waals surface area contributed by atoms with Crippen molar-refractivity contribution in [1.29, 1.82) is 0 Å². The lowest BCUT2D eigenvalue weighted by Crippen LogP contribution is -2.00. The molecule has 0 saturated heterocycles. The molecule has 0 aliphatic carbocycles. The molecule has 0 unspecified atom stereocenters. The fraction of sp³-hybridized carbons (Fsp3) is 0.0233. The van der Waals surface area contributed by atoms with Crippen LogP contribution in [0.4, 0.5) is 0 Å². The van der Waals surface area contributed by atoms with Gasteiger partial charge in [-0.2, -0.15) is 0 Å². The molecule has 0 saturated carbocycles. The summed E-state index contributed by atoms with van der Waals surface area (Å²) in [5.74, 6) is 0. The Morgan fingerprint density at radius 1 is 0.364 bits per heavy atom. The van der Waals surface area contributed by atoms with Crippen LogP contribution in [0.25, 0.3) is 72.0 Å². The van der Waals surface area contributed by atoms with Crippen molar-refractivity contribution in [1.82, 2.24) is 4.57 Å². The maximum Gasteiger partial charge on any atom is 0.0535 e. The Hall–Kier alpha value is -5.66. The molecule has 0 atom stereocenters. The molecule has 1 aromatic heterocycles. The number of aromatic nitrogens is 1. The van der Waals surface area contributed by atoms with Crippen molar-refractivity contribution < 1.29 is 0 Å². The fourth-order valence-corrected chi connectivity index (χ4v) is 6.75. The number of fused-ring (bicyclic) bond motifs is 2. The van der Waals surface area contributed by atoms with Gasteiger partial charge in [-0.3, -0.25) is 0 Å². The molecule has 0 aliphatic heterocycles. The topological polar surface area (TPSA) is 4.93 Å². The Morgan fingerprint density at radius 3 is 1.43 bits per heavy atom. The first-order valence-corrected chi connectivity index (χ1v) is 15.2. The van der Waals surface area contributed by atoms with Gasteiger partial charge >= 0.3 is 0 Å². The van der Waals surface area contributed by atoms with Crippen LogP contribution >= 0.6 is 0 Å². The van der Waals surface area contributed by atoms with Gasteiger partial charge < -0.3 is 4.57 Å². The minimum Gasteiger partial charge on any atom is -0.309 e. The minimum atomic E-state index is 1.14. The van der Waals surface area contributed by atoms with Crippen LogP contribution in [0.1, 0.15) is 5.56 Å². The molecule has 208 valence electrons. The molecule has 0 spiro atoms. The number of rotatable bonds is 5. The fourth-order valence-electron chi connectivity index (χ4n) is 6.75. The first-order chi connectivity index (χ1) is 21.8. The Balaban J connectivity index is 1.51. The van der Waals surface area contributed by atoms with E-state index in [1.165, 1.54) is 71.9 Å². The lowest BCUT2D eigenvalue weighted by molar-refractivity contribution is 1.10. The van der Waals surface area contributed by atoms with E-state index in [2.05, 4.69) is 181 Å².